The standard InChI is InChI=1S/C6H4N2O.H2O/c7-3-5-1-2-6(9)4-8-5;/h1-2,4,9H;1H2. The molecule has 0 atom stereocenters. The SMILES string of the molecule is N#Cc1ccc(O)cn1.O. The molecular weight excluding hydrogens is 132 g/mol. The summed E-state index contributed by atoms with van der Waals surface area (Å²) in [4.78, 5) is 3.59. The van der Waals surface area contributed by atoms with E-state index in [1.54, 1.807) is 0 Å². The number of nitrogens with zero attached hydrogens (tertiary/aromatic N) is 2. The zero-order valence-corrected chi connectivity index (χ0v) is 5.07. The molecule has 4 heteroatoms. The minimum absolute atomic E-state index is 0. The zero-order chi connectivity index (χ0) is 6.69. The van der Waals surface area contributed by atoms with Crippen LogP contribution in [-0.4, -0.2) is 15.6 Å². The molecule has 0 aliphatic heterocycles. The van der Waals surface area contributed by atoms with Crippen molar-refractivity contribution in [3.8, 4) is 11.8 Å². The van der Waals surface area contributed by atoms with Crippen LogP contribution < -0.4 is 0 Å². The van der Waals surface area contributed by atoms with Gasteiger partial charge in [-0.25, -0.2) is 4.98 Å². The third-order valence-electron chi connectivity index (χ3n) is 0.862. The Kier molecular flexibility index (Phi) is 2.88. The molecule has 0 spiro atoms. The number of aromatic hydroxyl groups is 1. The summed E-state index contributed by atoms with van der Waals surface area (Å²) in [6.07, 6.45) is 1.23. The Bertz CT molecular complexity index is 237. The highest BCUT2D eigenvalue weighted by Crippen LogP contribution is 2.03. The first-order valence-electron chi connectivity index (χ1n) is 2.38. The van der Waals surface area contributed by atoms with Crippen molar-refractivity contribution in [3.63, 3.8) is 0 Å². The number of pyridine rings is 1. The zero-order valence-electron chi connectivity index (χ0n) is 5.07. The third kappa shape index (κ3) is 1.73. The van der Waals surface area contributed by atoms with Crippen molar-refractivity contribution in [1.82, 2.24) is 4.98 Å². The van der Waals surface area contributed by atoms with Crippen molar-refractivity contribution in [2.24, 2.45) is 0 Å². The molecule has 0 bridgehead atoms. The van der Waals surface area contributed by atoms with Gasteiger partial charge in [0.05, 0.1) is 6.20 Å². The Hall–Kier alpha value is -1.60. The van der Waals surface area contributed by atoms with E-state index in [1.807, 2.05) is 6.07 Å². The van der Waals surface area contributed by atoms with Crippen LogP contribution >= 0.6 is 0 Å². The van der Waals surface area contributed by atoms with Crippen LogP contribution in [0.5, 0.6) is 5.75 Å². The molecule has 10 heavy (non-hydrogen) atoms. The van der Waals surface area contributed by atoms with Gasteiger partial charge >= 0.3 is 0 Å². The van der Waals surface area contributed by atoms with Gasteiger partial charge in [0.1, 0.15) is 17.5 Å². The minimum atomic E-state index is 0. The Balaban J connectivity index is 0.000000810. The molecule has 0 unspecified atom stereocenters. The summed E-state index contributed by atoms with van der Waals surface area (Å²) in [6.45, 7) is 0. The lowest BCUT2D eigenvalue weighted by Crippen LogP contribution is -1.77. The topological polar surface area (TPSA) is 88.4 Å². The minimum Gasteiger partial charge on any atom is -0.506 e. The van der Waals surface area contributed by atoms with E-state index in [0.29, 0.717) is 5.69 Å². The average molecular weight is 138 g/mol. The summed E-state index contributed by atoms with van der Waals surface area (Å²) in [5.41, 5.74) is 0.313. The highest BCUT2D eigenvalue weighted by atomic mass is 16.3. The maximum Gasteiger partial charge on any atom is 0.140 e. The maximum atomic E-state index is 8.68. The summed E-state index contributed by atoms with van der Waals surface area (Å²) in [6, 6.07) is 4.71. The van der Waals surface area contributed by atoms with Crippen molar-refractivity contribution in [2.45, 2.75) is 0 Å². The fraction of sp³-hybridized carbons (Fsp3) is 0. The monoisotopic (exact) mass is 138 g/mol. The molecule has 1 heterocycles. The molecule has 1 aromatic rings. The molecule has 0 radical (unpaired) electrons. The van der Waals surface area contributed by atoms with Gasteiger partial charge in [-0.2, -0.15) is 5.26 Å². The lowest BCUT2D eigenvalue weighted by atomic mass is 10.4. The fourth-order valence-corrected chi connectivity index (χ4v) is 0.452. The Morgan fingerprint density at radius 3 is 2.60 bits per heavy atom. The lowest BCUT2D eigenvalue weighted by molar-refractivity contribution is 0.472. The van der Waals surface area contributed by atoms with Crippen LogP contribution in [0.1, 0.15) is 5.69 Å². The molecular formula is C6H6N2O2. The highest BCUT2D eigenvalue weighted by Gasteiger charge is 1.88. The third-order valence-corrected chi connectivity index (χ3v) is 0.862. The molecule has 0 aromatic carbocycles. The summed E-state index contributed by atoms with van der Waals surface area (Å²) >= 11 is 0. The molecule has 1 aromatic heterocycles. The normalized spacial score (nSPS) is 7.50. The molecule has 0 aliphatic carbocycles. The van der Waals surface area contributed by atoms with Gasteiger partial charge in [-0.05, 0) is 12.1 Å². The summed E-state index contributed by atoms with van der Waals surface area (Å²) < 4.78 is 0. The van der Waals surface area contributed by atoms with Crippen LogP contribution in [0, 0.1) is 11.3 Å². The van der Waals surface area contributed by atoms with Crippen LogP contribution in [0.4, 0.5) is 0 Å². The largest absolute Gasteiger partial charge is 0.506 e. The van der Waals surface area contributed by atoms with Crippen molar-refractivity contribution in [1.29, 1.82) is 5.26 Å². The molecule has 52 valence electrons. The first-order valence-corrected chi connectivity index (χ1v) is 2.38. The second-order valence-corrected chi connectivity index (χ2v) is 1.51. The average Bonchev–Trinajstić information content (AvgIpc) is 1.90. The Labute approximate surface area is 57.7 Å². The first kappa shape index (κ1) is 8.40. The quantitative estimate of drug-likeness (QED) is 0.539. The van der Waals surface area contributed by atoms with Gasteiger partial charge in [-0.1, -0.05) is 0 Å². The summed E-state index contributed by atoms with van der Waals surface area (Å²) in [7, 11) is 0. The molecule has 0 saturated carbocycles. The second-order valence-electron chi connectivity index (χ2n) is 1.51. The van der Waals surface area contributed by atoms with Crippen LogP contribution in [0.25, 0.3) is 0 Å². The van der Waals surface area contributed by atoms with Gasteiger partial charge in [0.15, 0.2) is 0 Å². The maximum absolute atomic E-state index is 8.68. The Morgan fingerprint density at radius 2 is 2.20 bits per heavy atom. The van der Waals surface area contributed by atoms with Gasteiger partial charge in [0.2, 0.25) is 0 Å². The lowest BCUT2D eigenvalue weighted by Gasteiger charge is -1.86. The molecule has 0 fully saturated rings. The first-order chi connectivity index (χ1) is 4.33. The van der Waals surface area contributed by atoms with Crippen molar-refractivity contribution >= 4 is 0 Å². The summed E-state index contributed by atoms with van der Waals surface area (Å²) in [5, 5.41) is 16.9. The van der Waals surface area contributed by atoms with E-state index < -0.39 is 0 Å². The second kappa shape index (κ2) is 3.43. The predicted molar refractivity (Wildman–Crippen MR) is 34.2 cm³/mol. The number of hydrogen-bond acceptors (Lipinski definition) is 3. The van der Waals surface area contributed by atoms with Crippen molar-refractivity contribution < 1.29 is 10.6 Å². The predicted octanol–water partition coefficient (Wildman–Crippen LogP) is -0.166. The van der Waals surface area contributed by atoms with Gasteiger partial charge in [0, 0.05) is 0 Å². The van der Waals surface area contributed by atoms with E-state index in [2.05, 4.69) is 4.98 Å². The molecule has 3 N–H and O–H groups in total. The molecule has 0 aliphatic rings. The van der Waals surface area contributed by atoms with E-state index in [9.17, 15) is 0 Å². The van der Waals surface area contributed by atoms with E-state index >= 15 is 0 Å². The smallest absolute Gasteiger partial charge is 0.140 e. The Morgan fingerprint density at radius 1 is 1.50 bits per heavy atom. The number of aromatic nitrogens is 1. The summed E-state index contributed by atoms with van der Waals surface area (Å²) in [5.74, 6) is 0.0778. The number of rotatable bonds is 0. The van der Waals surface area contributed by atoms with Crippen LogP contribution in [0.15, 0.2) is 18.3 Å². The van der Waals surface area contributed by atoms with Gasteiger partial charge in [0.25, 0.3) is 0 Å². The molecule has 0 amide bonds. The number of nitriles is 1. The fourth-order valence-electron chi connectivity index (χ4n) is 0.452. The highest BCUT2D eigenvalue weighted by molar-refractivity contribution is 5.25. The molecule has 1 rings (SSSR count). The van der Waals surface area contributed by atoms with Crippen LogP contribution in [0.3, 0.4) is 0 Å². The van der Waals surface area contributed by atoms with Crippen molar-refractivity contribution in [2.75, 3.05) is 0 Å². The van der Waals surface area contributed by atoms with Gasteiger partial charge in [-0.3, -0.25) is 0 Å². The van der Waals surface area contributed by atoms with Crippen LogP contribution in [0.2, 0.25) is 0 Å². The molecule has 0 saturated heterocycles. The van der Waals surface area contributed by atoms with Gasteiger partial charge in [-0.15, -0.1) is 0 Å². The van der Waals surface area contributed by atoms with Crippen molar-refractivity contribution in [3.05, 3.63) is 24.0 Å². The number of hydrogen-bond donors (Lipinski definition) is 1. The van der Waals surface area contributed by atoms with E-state index in [-0.39, 0.29) is 11.2 Å². The van der Waals surface area contributed by atoms with E-state index in [4.69, 9.17) is 10.4 Å². The van der Waals surface area contributed by atoms with E-state index in [0.717, 1.165) is 0 Å². The van der Waals surface area contributed by atoms with E-state index in [1.165, 1.54) is 18.3 Å². The van der Waals surface area contributed by atoms with Crippen LogP contribution in [-0.2, 0) is 0 Å². The van der Waals surface area contributed by atoms with Gasteiger partial charge < -0.3 is 10.6 Å². The molecule has 4 nitrogen and oxygen atoms in total.